The number of ether oxygens (including phenoxy) is 1. The highest BCUT2D eigenvalue weighted by atomic mass is 32.2. The van der Waals surface area contributed by atoms with Gasteiger partial charge in [0.1, 0.15) is 0 Å². The van der Waals surface area contributed by atoms with E-state index >= 15 is 0 Å². The number of carbonyl (C=O) groups is 1. The normalized spacial score (nSPS) is 17.1. The van der Waals surface area contributed by atoms with E-state index < -0.39 is 0 Å². The summed E-state index contributed by atoms with van der Waals surface area (Å²) in [7, 11) is 0. The zero-order valence-electron chi connectivity index (χ0n) is 15.8. The second kappa shape index (κ2) is 9.93. The van der Waals surface area contributed by atoms with E-state index in [-0.39, 0.29) is 18.6 Å². The first-order valence-corrected chi connectivity index (χ1v) is 10.7. The van der Waals surface area contributed by atoms with Gasteiger partial charge in [0.2, 0.25) is 0 Å². The van der Waals surface area contributed by atoms with E-state index in [1.54, 1.807) is 11.8 Å². The summed E-state index contributed by atoms with van der Waals surface area (Å²) in [5, 5.41) is 8.85. The number of aliphatic hydroxyl groups is 1. The maximum atomic E-state index is 12.7. The summed E-state index contributed by atoms with van der Waals surface area (Å²) in [6, 6.07) is 16.3. The molecule has 1 fully saturated rings. The molecule has 0 saturated carbocycles. The molecule has 0 radical (unpaired) electrons. The van der Waals surface area contributed by atoms with Crippen LogP contribution < -0.4 is 0 Å². The predicted molar refractivity (Wildman–Crippen MR) is 111 cm³/mol. The van der Waals surface area contributed by atoms with Gasteiger partial charge in [-0.25, -0.2) is 0 Å². The first-order valence-electron chi connectivity index (χ1n) is 9.50. The van der Waals surface area contributed by atoms with Crippen LogP contribution in [-0.4, -0.2) is 54.1 Å². The Labute approximate surface area is 165 Å². The second-order valence-corrected chi connectivity index (χ2v) is 7.81. The maximum Gasteiger partial charge on any atom is 0.254 e. The van der Waals surface area contributed by atoms with Crippen molar-refractivity contribution >= 4 is 17.7 Å². The van der Waals surface area contributed by atoms with Crippen molar-refractivity contribution in [2.24, 2.45) is 0 Å². The Balaban J connectivity index is 1.63. The number of morpholine rings is 1. The van der Waals surface area contributed by atoms with E-state index in [1.165, 1.54) is 5.56 Å². The minimum absolute atomic E-state index is 0.0829. The fraction of sp³-hybridized carbons (Fsp3) is 0.409. The van der Waals surface area contributed by atoms with E-state index in [2.05, 4.69) is 31.2 Å². The monoisotopic (exact) mass is 385 g/mol. The lowest BCUT2D eigenvalue weighted by Gasteiger charge is -2.32. The van der Waals surface area contributed by atoms with Crippen molar-refractivity contribution in [3.63, 3.8) is 0 Å². The van der Waals surface area contributed by atoms with Gasteiger partial charge in [-0.1, -0.05) is 43.3 Å². The van der Waals surface area contributed by atoms with Crippen LogP contribution in [0.3, 0.4) is 0 Å². The van der Waals surface area contributed by atoms with Gasteiger partial charge in [0.05, 0.1) is 19.3 Å². The summed E-state index contributed by atoms with van der Waals surface area (Å²) < 4.78 is 5.65. The molecule has 1 heterocycles. The Kier molecular flexibility index (Phi) is 7.33. The number of carbonyl (C=O) groups excluding carboxylic acids is 1. The lowest BCUT2D eigenvalue weighted by atomic mass is 10.0. The van der Waals surface area contributed by atoms with E-state index in [4.69, 9.17) is 9.84 Å². The molecule has 1 amide bonds. The molecule has 1 N–H and O–H groups in total. The van der Waals surface area contributed by atoms with Gasteiger partial charge in [0.25, 0.3) is 5.91 Å². The van der Waals surface area contributed by atoms with Crippen molar-refractivity contribution in [2.75, 3.05) is 32.1 Å². The van der Waals surface area contributed by atoms with Crippen molar-refractivity contribution in [3.05, 3.63) is 59.7 Å². The molecule has 1 aliphatic rings. The molecule has 0 aliphatic carbocycles. The third-order valence-corrected chi connectivity index (χ3v) is 5.81. The number of hydrogen-bond donors (Lipinski definition) is 1. The van der Waals surface area contributed by atoms with E-state index in [1.807, 2.05) is 29.2 Å². The highest BCUT2D eigenvalue weighted by Gasteiger charge is 2.23. The molecule has 2 aromatic rings. The minimum Gasteiger partial charge on any atom is -0.396 e. The SMILES string of the molecule is CCC1CN(C(=O)c2ccc(-c3ccc(CSCCO)cc3)cc2)CCO1. The van der Waals surface area contributed by atoms with Gasteiger partial charge in [-0.05, 0) is 35.2 Å². The van der Waals surface area contributed by atoms with E-state index in [0.29, 0.717) is 19.7 Å². The topological polar surface area (TPSA) is 49.8 Å². The van der Waals surface area contributed by atoms with Crippen molar-refractivity contribution in [1.29, 1.82) is 0 Å². The van der Waals surface area contributed by atoms with Crippen LogP contribution in [0, 0.1) is 0 Å². The summed E-state index contributed by atoms with van der Waals surface area (Å²) in [5.74, 6) is 1.76. The fourth-order valence-corrected chi connectivity index (χ4v) is 3.89. The third kappa shape index (κ3) is 5.34. The highest BCUT2D eigenvalue weighted by molar-refractivity contribution is 7.98. The zero-order chi connectivity index (χ0) is 19.1. The van der Waals surface area contributed by atoms with Crippen LogP contribution in [0.5, 0.6) is 0 Å². The summed E-state index contributed by atoms with van der Waals surface area (Å²) in [6.07, 6.45) is 1.08. The molecule has 0 aromatic heterocycles. The first kappa shape index (κ1) is 19.9. The molecule has 5 heteroatoms. The maximum absolute atomic E-state index is 12.7. The number of hydrogen-bond acceptors (Lipinski definition) is 4. The molecule has 4 nitrogen and oxygen atoms in total. The van der Waals surface area contributed by atoms with Crippen molar-refractivity contribution in [1.82, 2.24) is 4.90 Å². The lowest BCUT2D eigenvalue weighted by molar-refractivity contribution is -0.0226. The molecule has 144 valence electrons. The zero-order valence-corrected chi connectivity index (χ0v) is 16.6. The van der Waals surface area contributed by atoms with Crippen LogP contribution in [-0.2, 0) is 10.5 Å². The Morgan fingerprint density at radius 3 is 2.44 bits per heavy atom. The van der Waals surface area contributed by atoms with Crippen LogP contribution in [0.25, 0.3) is 11.1 Å². The molecule has 3 rings (SSSR count). The van der Waals surface area contributed by atoms with Crippen molar-refractivity contribution in [2.45, 2.75) is 25.2 Å². The van der Waals surface area contributed by atoms with E-state index in [9.17, 15) is 4.79 Å². The lowest BCUT2D eigenvalue weighted by Crippen LogP contribution is -2.45. The Hall–Kier alpha value is -1.82. The smallest absolute Gasteiger partial charge is 0.254 e. The minimum atomic E-state index is 0.0829. The van der Waals surface area contributed by atoms with Gasteiger partial charge < -0.3 is 14.7 Å². The highest BCUT2D eigenvalue weighted by Crippen LogP contribution is 2.23. The molecule has 1 aliphatic heterocycles. The first-order chi connectivity index (χ1) is 13.2. The quantitative estimate of drug-likeness (QED) is 0.736. The van der Waals surface area contributed by atoms with Crippen LogP contribution in [0.4, 0.5) is 0 Å². The Morgan fingerprint density at radius 2 is 1.81 bits per heavy atom. The van der Waals surface area contributed by atoms with Gasteiger partial charge in [-0.15, -0.1) is 0 Å². The van der Waals surface area contributed by atoms with Gasteiger partial charge in [0, 0.05) is 30.2 Å². The number of aliphatic hydroxyl groups excluding tert-OH is 1. The molecule has 0 spiro atoms. The summed E-state index contributed by atoms with van der Waals surface area (Å²) in [4.78, 5) is 14.6. The number of nitrogens with zero attached hydrogens (tertiary/aromatic N) is 1. The van der Waals surface area contributed by atoms with E-state index in [0.717, 1.165) is 34.6 Å². The standard InChI is InChI=1S/C22H27NO3S/c1-2-21-15-23(11-13-26-21)22(25)20-9-7-19(8-10-20)18-5-3-17(4-6-18)16-27-14-12-24/h3-10,21,24H,2,11-16H2,1H3. The molecular weight excluding hydrogens is 358 g/mol. The third-order valence-electron chi connectivity index (χ3n) is 4.80. The molecule has 1 atom stereocenters. The number of thioether (sulfide) groups is 1. The molecule has 0 bridgehead atoms. The number of rotatable bonds is 7. The fourth-order valence-electron chi connectivity index (χ4n) is 3.19. The van der Waals surface area contributed by atoms with Gasteiger partial charge in [0.15, 0.2) is 0 Å². The molecule has 1 unspecified atom stereocenters. The van der Waals surface area contributed by atoms with Crippen molar-refractivity contribution < 1.29 is 14.6 Å². The Bertz CT molecular complexity index is 730. The predicted octanol–water partition coefficient (Wildman–Crippen LogP) is 3.83. The van der Waals surface area contributed by atoms with Crippen LogP contribution in [0.2, 0.25) is 0 Å². The molecule has 2 aromatic carbocycles. The second-order valence-electron chi connectivity index (χ2n) is 6.70. The average Bonchev–Trinajstić information content (AvgIpc) is 2.74. The molecule has 1 saturated heterocycles. The average molecular weight is 386 g/mol. The molecular formula is C22H27NO3S. The summed E-state index contributed by atoms with van der Waals surface area (Å²) in [6.45, 7) is 4.26. The van der Waals surface area contributed by atoms with Crippen LogP contribution in [0.1, 0.15) is 29.3 Å². The van der Waals surface area contributed by atoms with Crippen LogP contribution >= 0.6 is 11.8 Å². The Morgan fingerprint density at radius 1 is 1.15 bits per heavy atom. The number of benzene rings is 2. The van der Waals surface area contributed by atoms with Gasteiger partial charge in [-0.3, -0.25) is 4.79 Å². The van der Waals surface area contributed by atoms with Crippen molar-refractivity contribution in [3.8, 4) is 11.1 Å². The summed E-state index contributed by atoms with van der Waals surface area (Å²) in [5.41, 5.74) is 4.23. The largest absolute Gasteiger partial charge is 0.396 e. The molecule has 27 heavy (non-hydrogen) atoms. The summed E-state index contributed by atoms with van der Waals surface area (Å²) >= 11 is 1.73. The van der Waals surface area contributed by atoms with Gasteiger partial charge in [-0.2, -0.15) is 11.8 Å². The van der Waals surface area contributed by atoms with Crippen LogP contribution in [0.15, 0.2) is 48.5 Å². The number of amides is 1. The van der Waals surface area contributed by atoms with Gasteiger partial charge >= 0.3 is 0 Å².